The Balaban J connectivity index is 1.26. The summed E-state index contributed by atoms with van der Waals surface area (Å²) in [6.45, 7) is 0.925. The standard InChI is InChI=1S/C29H30N4O5/c1-36-22-7-3-2-5-20(22)26(33-14-4-6-21(33)27(30)34)18-8-11-25(31-16-18)32-28(35)29(12-13-29)19-9-10-23-24(15-19)38-17-37-23/h2-3,5,7-11,15-16,21,26H,4,6,12-14,17H2,1H3,(H2,30,34)(H,31,32,35). The molecular weight excluding hydrogens is 484 g/mol. The maximum Gasteiger partial charge on any atom is 0.236 e. The van der Waals surface area contributed by atoms with Crippen LogP contribution in [0, 0.1) is 0 Å². The Bertz CT molecular complexity index is 1370. The minimum Gasteiger partial charge on any atom is -0.496 e. The number of methoxy groups -OCH3 is 1. The van der Waals surface area contributed by atoms with E-state index in [1.165, 1.54) is 0 Å². The van der Waals surface area contributed by atoms with Crippen LogP contribution in [0.1, 0.15) is 48.4 Å². The lowest BCUT2D eigenvalue weighted by Crippen LogP contribution is -2.42. The second-order valence-electron chi connectivity index (χ2n) is 10.0. The molecule has 38 heavy (non-hydrogen) atoms. The Morgan fingerprint density at radius 2 is 1.95 bits per heavy atom. The SMILES string of the molecule is COc1ccccc1C(c1ccc(NC(=O)C2(c3ccc4c(c3)OCO4)CC2)nc1)N1CCCC1C(N)=O. The van der Waals surface area contributed by atoms with Crippen molar-refractivity contribution < 1.29 is 23.8 Å². The quantitative estimate of drug-likeness (QED) is 0.472. The van der Waals surface area contributed by atoms with E-state index in [4.69, 9.17) is 19.9 Å². The summed E-state index contributed by atoms with van der Waals surface area (Å²) in [4.78, 5) is 32.3. The summed E-state index contributed by atoms with van der Waals surface area (Å²) in [5, 5.41) is 3.00. The molecule has 0 bridgehead atoms. The number of pyridine rings is 1. The van der Waals surface area contributed by atoms with Gasteiger partial charge < -0.3 is 25.3 Å². The number of nitrogens with zero attached hydrogens (tertiary/aromatic N) is 2. The number of rotatable bonds is 8. The number of para-hydroxylation sites is 1. The molecule has 9 heteroatoms. The van der Waals surface area contributed by atoms with Gasteiger partial charge in [-0.15, -0.1) is 0 Å². The topological polar surface area (TPSA) is 116 Å². The molecule has 1 aromatic heterocycles. The second kappa shape index (κ2) is 9.64. The van der Waals surface area contributed by atoms with Crippen molar-refractivity contribution in [1.82, 2.24) is 9.88 Å². The summed E-state index contributed by atoms with van der Waals surface area (Å²) in [6, 6.07) is 16.6. The second-order valence-corrected chi connectivity index (χ2v) is 10.0. The number of nitrogens with two attached hydrogens (primary N) is 1. The number of benzene rings is 2. The van der Waals surface area contributed by atoms with Crippen LogP contribution in [0.2, 0.25) is 0 Å². The van der Waals surface area contributed by atoms with Crippen LogP contribution in [0.15, 0.2) is 60.8 Å². The molecule has 6 rings (SSSR count). The maximum absolute atomic E-state index is 13.3. The first-order chi connectivity index (χ1) is 18.5. The van der Waals surface area contributed by atoms with Crippen LogP contribution in [0.3, 0.4) is 0 Å². The van der Waals surface area contributed by atoms with Gasteiger partial charge in [0.05, 0.1) is 24.6 Å². The highest BCUT2D eigenvalue weighted by atomic mass is 16.7. The van der Waals surface area contributed by atoms with Crippen molar-refractivity contribution in [3.8, 4) is 17.2 Å². The van der Waals surface area contributed by atoms with Crippen LogP contribution in [-0.4, -0.2) is 48.2 Å². The van der Waals surface area contributed by atoms with Crippen molar-refractivity contribution in [2.45, 2.75) is 43.2 Å². The minimum absolute atomic E-state index is 0.0915. The van der Waals surface area contributed by atoms with Gasteiger partial charge in [0.2, 0.25) is 18.6 Å². The number of nitrogens with one attached hydrogen (secondary N) is 1. The van der Waals surface area contributed by atoms with Gasteiger partial charge in [-0.3, -0.25) is 14.5 Å². The van der Waals surface area contributed by atoms with Gasteiger partial charge in [-0.25, -0.2) is 4.98 Å². The molecule has 2 aliphatic heterocycles. The molecule has 1 aliphatic carbocycles. The van der Waals surface area contributed by atoms with Gasteiger partial charge in [-0.05, 0) is 67.6 Å². The monoisotopic (exact) mass is 514 g/mol. The molecule has 2 fully saturated rings. The van der Waals surface area contributed by atoms with Crippen molar-refractivity contribution in [3.63, 3.8) is 0 Å². The van der Waals surface area contributed by atoms with Crippen molar-refractivity contribution in [2.75, 3.05) is 25.8 Å². The molecule has 1 saturated heterocycles. The zero-order chi connectivity index (χ0) is 26.3. The van der Waals surface area contributed by atoms with Gasteiger partial charge in [0.25, 0.3) is 0 Å². The van der Waals surface area contributed by atoms with E-state index in [1.54, 1.807) is 19.4 Å². The third-order valence-electron chi connectivity index (χ3n) is 7.84. The Kier molecular flexibility index (Phi) is 6.15. The van der Waals surface area contributed by atoms with Gasteiger partial charge in [0, 0.05) is 11.8 Å². The fourth-order valence-corrected chi connectivity index (χ4v) is 5.69. The molecule has 196 valence electrons. The molecule has 2 amide bonds. The molecule has 9 nitrogen and oxygen atoms in total. The summed E-state index contributed by atoms with van der Waals surface area (Å²) in [6.07, 6.45) is 4.86. The molecular formula is C29H30N4O5. The lowest BCUT2D eigenvalue weighted by atomic mass is 9.94. The van der Waals surface area contributed by atoms with E-state index in [0.717, 1.165) is 48.2 Å². The summed E-state index contributed by atoms with van der Waals surface area (Å²) in [5.41, 5.74) is 7.91. The number of carbonyl (C=O) groups excluding carboxylic acids is 2. The van der Waals surface area contributed by atoms with Gasteiger partial charge >= 0.3 is 0 Å². The van der Waals surface area contributed by atoms with Gasteiger partial charge in [0.15, 0.2) is 11.5 Å². The Labute approximate surface area is 220 Å². The van der Waals surface area contributed by atoms with Crippen LogP contribution in [0.25, 0.3) is 0 Å². The smallest absolute Gasteiger partial charge is 0.236 e. The Morgan fingerprint density at radius 3 is 2.68 bits per heavy atom. The van der Waals surface area contributed by atoms with Crippen molar-refractivity contribution >= 4 is 17.6 Å². The largest absolute Gasteiger partial charge is 0.496 e. The number of likely N-dealkylation sites (tertiary alicyclic amines) is 1. The number of hydrogen-bond donors (Lipinski definition) is 2. The molecule has 0 spiro atoms. The van der Waals surface area contributed by atoms with Gasteiger partial charge in [0.1, 0.15) is 11.6 Å². The molecule has 2 unspecified atom stereocenters. The van der Waals surface area contributed by atoms with Crippen LogP contribution in [0.5, 0.6) is 17.2 Å². The van der Waals surface area contributed by atoms with Crippen LogP contribution in [-0.2, 0) is 15.0 Å². The van der Waals surface area contributed by atoms with E-state index >= 15 is 0 Å². The zero-order valence-electron chi connectivity index (χ0n) is 21.2. The van der Waals surface area contributed by atoms with Crippen molar-refractivity contribution in [1.29, 1.82) is 0 Å². The van der Waals surface area contributed by atoms with E-state index in [1.807, 2.05) is 48.5 Å². The highest BCUT2D eigenvalue weighted by molar-refractivity contribution is 6.01. The third-order valence-corrected chi connectivity index (χ3v) is 7.84. The van der Waals surface area contributed by atoms with Crippen LogP contribution in [0.4, 0.5) is 5.82 Å². The number of aromatic nitrogens is 1. The zero-order valence-corrected chi connectivity index (χ0v) is 21.2. The number of fused-ring (bicyclic) bond motifs is 1. The predicted molar refractivity (Wildman–Crippen MR) is 140 cm³/mol. The number of anilines is 1. The fraction of sp³-hybridized carbons (Fsp3) is 0.345. The van der Waals surface area contributed by atoms with Crippen LogP contribution >= 0.6 is 0 Å². The summed E-state index contributed by atoms with van der Waals surface area (Å²) >= 11 is 0. The number of carbonyl (C=O) groups is 2. The van der Waals surface area contributed by atoms with Crippen LogP contribution < -0.4 is 25.3 Å². The number of amides is 2. The molecule has 3 N–H and O–H groups in total. The van der Waals surface area contributed by atoms with Gasteiger partial charge in [-0.2, -0.15) is 0 Å². The molecule has 3 aliphatic rings. The first-order valence-electron chi connectivity index (χ1n) is 12.9. The molecule has 2 atom stereocenters. The van der Waals surface area contributed by atoms with E-state index in [2.05, 4.69) is 15.2 Å². The fourth-order valence-electron chi connectivity index (χ4n) is 5.69. The maximum atomic E-state index is 13.3. The van der Waals surface area contributed by atoms with E-state index in [-0.39, 0.29) is 30.7 Å². The number of ether oxygens (including phenoxy) is 3. The molecule has 3 aromatic rings. The Morgan fingerprint density at radius 1 is 1.13 bits per heavy atom. The Hall–Kier alpha value is -4.11. The lowest BCUT2D eigenvalue weighted by Gasteiger charge is -2.33. The molecule has 1 saturated carbocycles. The molecule has 0 radical (unpaired) electrons. The molecule has 3 heterocycles. The van der Waals surface area contributed by atoms with E-state index in [9.17, 15) is 9.59 Å². The summed E-state index contributed by atoms with van der Waals surface area (Å²) < 4.78 is 16.6. The predicted octanol–water partition coefficient (Wildman–Crippen LogP) is 3.53. The minimum atomic E-state index is -0.592. The van der Waals surface area contributed by atoms with Crippen molar-refractivity contribution in [3.05, 3.63) is 77.5 Å². The highest BCUT2D eigenvalue weighted by Crippen LogP contribution is 2.51. The van der Waals surface area contributed by atoms with Gasteiger partial charge in [-0.1, -0.05) is 30.3 Å². The first-order valence-corrected chi connectivity index (χ1v) is 12.9. The molecule has 2 aromatic carbocycles. The summed E-state index contributed by atoms with van der Waals surface area (Å²) in [5.74, 6) is 2.14. The number of primary amides is 1. The average molecular weight is 515 g/mol. The van der Waals surface area contributed by atoms with E-state index < -0.39 is 5.41 Å². The normalized spacial score (nSPS) is 20.1. The highest BCUT2D eigenvalue weighted by Gasteiger charge is 2.52. The van der Waals surface area contributed by atoms with Crippen molar-refractivity contribution in [2.24, 2.45) is 5.73 Å². The average Bonchev–Trinajstić information content (AvgIpc) is 3.37. The number of hydrogen-bond acceptors (Lipinski definition) is 7. The lowest BCUT2D eigenvalue weighted by molar-refractivity contribution is -0.122. The third kappa shape index (κ3) is 4.22. The van der Waals surface area contributed by atoms with E-state index in [0.29, 0.717) is 23.7 Å². The summed E-state index contributed by atoms with van der Waals surface area (Å²) in [7, 11) is 1.64. The first kappa shape index (κ1) is 24.2.